The van der Waals surface area contributed by atoms with Gasteiger partial charge in [0.2, 0.25) is 0 Å². The summed E-state index contributed by atoms with van der Waals surface area (Å²) in [5.41, 5.74) is 0. The van der Waals surface area contributed by atoms with Crippen LogP contribution in [0.25, 0.3) is 5.82 Å². The van der Waals surface area contributed by atoms with Crippen molar-refractivity contribution in [1.82, 2.24) is 28.4 Å². The summed E-state index contributed by atoms with van der Waals surface area (Å²) in [5.74, 6) is 2.31. The lowest BCUT2D eigenvalue weighted by Crippen LogP contribution is -2.44. The second kappa shape index (κ2) is 7.66. The fourth-order valence-corrected chi connectivity index (χ4v) is 6.61. The summed E-state index contributed by atoms with van der Waals surface area (Å²) in [6.07, 6.45) is 9.35. The van der Waals surface area contributed by atoms with E-state index in [-0.39, 0.29) is 0 Å². The number of fused-ring (bicyclic) bond motifs is 1. The molecule has 0 saturated carbocycles. The molecule has 156 valence electrons. The largest absolute Gasteiger partial charge is 0.356 e. The van der Waals surface area contributed by atoms with Gasteiger partial charge in [-0.25, -0.2) is 14.6 Å². The first-order chi connectivity index (χ1) is 14.1. The Morgan fingerprint density at radius 2 is 1.55 bits per heavy atom. The summed E-state index contributed by atoms with van der Waals surface area (Å²) >= 11 is 0. The highest BCUT2D eigenvalue weighted by atomic mass is 32.2. The molecule has 2 aromatic rings. The first kappa shape index (κ1) is 19.0. The standard InChI is InChI=1S/C19H27N7O2S/c27-29(28,24-7-3-1-2-4-8-24)25-13-16-11-23(12-17(16)14-25)18-10-19(21-15-20-18)26-9-5-6-22-26/h5-6,9-10,15-17H,1-4,7-8,11-14H2. The zero-order valence-electron chi connectivity index (χ0n) is 16.5. The number of hydrogen-bond acceptors (Lipinski definition) is 6. The monoisotopic (exact) mass is 417 g/mol. The van der Waals surface area contributed by atoms with E-state index in [0.29, 0.717) is 38.0 Å². The van der Waals surface area contributed by atoms with Crippen LogP contribution in [-0.4, -0.2) is 76.0 Å². The Morgan fingerprint density at radius 3 is 2.21 bits per heavy atom. The average Bonchev–Trinajstić information content (AvgIpc) is 3.41. The molecule has 2 aromatic heterocycles. The van der Waals surface area contributed by atoms with Gasteiger partial charge in [0.25, 0.3) is 10.2 Å². The van der Waals surface area contributed by atoms with Crippen molar-refractivity contribution in [3.63, 3.8) is 0 Å². The summed E-state index contributed by atoms with van der Waals surface area (Å²) in [4.78, 5) is 11.0. The van der Waals surface area contributed by atoms with Gasteiger partial charge < -0.3 is 4.90 Å². The smallest absolute Gasteiger partial charge is 0.281 e. The van der Waals surface area contributed by atoms with E-state index in [0.717, 1.165) is 50.4 Å². The first-order valence-corrected chi connectivity index (χ1v) is 11.8. The van der Waals surface area contributed by atoms with E-state index in [1.165, 1.54) is 0 Å². The predicted octanol–water partition coefficient (Wildman–Crippen LogP) is 1.15. The van der Waals surface area contributed by atoms with Crippen molar-refractivity contribution >= 4 is 16.0 Å². The molecular formula is C19H27N7O2S. The Morgan fingerprint density at radius 1 is 0.862 bits per heavy atom. The molecule has 29 heavy (non-hydrogen) atoms. The lowest BCUT2D eigenvalue weighted by molar-refractivity contribution is 0.359. The van der Waals surface area contributed by atoms with E-state index in [9.17, 15) is 8.42 Å². The molecule has 2 atom stereocenters. The van der Waals surface area contributed by atoms with Crippen LogP contribution in [0.5, 0.6) is 0 Å². The third kappa shape index (κ3) is 3.64. The van der Waals surface area contributed by atoms with Gasteiger partial charge in [0.15, 0.2) is 5.82 Å². The molecule has 5 heterocycles. The highest BCUT2D eigenvalue weighted by Crippen LogP contribution is 2.35. The van der Waals surface area contributed by atoms with Crippen molar-refractivity contribution in [1.29, 1.82) is 0 Å². The molecule has 3 fully saturated rings. The van der Waals surface area contributed by atoms with Gasteiger partial charge in [-0.2, -0.15) is 22.1 Å². The maximum atomic E-state index is 13.1. The van der Waals surface area contributed by atoms with Crippen molar-refractivity contribution < 1.29 is 8.42 Å². The summed E-state index contributed by atoms with van der Waals surface area (Å²) in [7, 11) is -3.33. The van der Waals surface area contributed by atoms with Gasteiger partial charge in [-0.05, 0) is 30.7 Å². The van der Waals surface area contributed by atoms with Gasteiger partial charge in [-0.1, -0.05) is 12.8 Å². The molecular weight excluding hydrogens is 390 g/mol. The molecule has 3 aliphatic heterocycles. The van der Waals surface area contributed by atoms with Crippen molar-refractivity contribution in [2.24, 2.45) is 11.8 Å². The van der Waals surface area contributed by atoms with E-state index in [4.69, 9.17) is 0 Å². The second-order valence-electron chi connectivity index (χ2n) is 8.25. The zero-order valence-corrected chi connectivity index (χ0v) is 17.3. The van der Waals surface area contributed by atoms with Gasteiger partial charge in [0, 0.05) is 57.7 Å². The van der Waals surface area contributed by atoms with Crippen molar-refractivity contribution in [3.8, 4) is 5.82 Å². The number of rotatable bonds is 4. The van der Waals surface area contributed by atoms with Crippen LogP contribution in [0.1, 0.15) is 25.7 Å². The summed E-state index contributed by atoms with van der Waals surface area (Å²) in [6, 6.07) is 3.81. The summed E-state index contributed by atoms with van der Waals surface area (Å²) in [6.45, 7) is 4.20. The normalized spacial score (nSPS) is 26.6. The highest BCUT2D eigenvalue weighted by Gasteiger charge is 2.45. The minimum atomic E-state index is -3.33. The van der Waals surface area contributed by atoms with Crippen LogP contribution in [0.4, 0.5) is 5.82 Å². The van der Waals surface area contributed by atoms with E-state index < -0.39 is 10.2 Å². The molecule has 3 saturated heterocycles. The number of anilines is 1. The number of nitrogens with zero attached hydrogens (tertiary/aromatic N) is 7. The van der Waals surface area contributed by atoms with E-state index >= 15 is 0 Å². The quantitative estimate of drug-likeness (QED) is 0.742. The van der Waals surface area contributed by atoms with Gasteiger partial charge in [0.1, 0.15) is 12.1 Å². The van der Waals surface area contributed by atoms with Crippen LogP contribution in [0.2, 0.25) is 0 Å². The van der Waals surface area contributed by atoms with Crippen LogP contribution in [0, 0.1) is 11.8 Å². The van der Waals surface area contributed by atoms with Gasteiger partial charge in [0.05, 0.1) is 0 Å². The number of hydrogen-bond donors (Lipinski definition) is 0. The van der Waals surface area contributed by atoms with Crippen LogP contribution in [0.3, 0.4) is 0 Å². The molecule has 2 unspecified atom stereocenters. The maximum absolute atomic E-state index is 13.1. The van der Waals surface area contributed by atoms with Gasteiger partial charge >= 0.3 is 0 Å². The van der Waals surface area contributed by atoms with Crippen LogP contribution in [-0.2, 0) is 10.2 Å². The van der Waals surface area contributed by atoms with Crippen molar-refractivity contribution in [2.75, 3.05) is 44.2 Å². The molecule has 0 aromatic carbocycles. The lowest BCUT2D eigenvalue weighted by Gasteiger charge is -2.27. The molecule has 3 aliphatic rings. The lowest BCUT2D eigenvalue weighted by atomic mass is 10.0. The van der Waals surface area contributed by atoms with Crippen LogP contribution < -0.4 is 4.90 Å². The molecule has 9 nitrogen and oxygen atoms in total. The SMILES string of the molecule is O=S(=O)(N1CCCCCC1)N1CC2CN(c3cc(-n4cccn4)ncn3)CC2C1. The minimum Gasteiger partial charge on any atom is -0.356 e. The first-order valence-electron chi connectivity index (χ1n) is 10.4. The van der Waals surface area contributed by atoms with Gasteiger partial charge in [-0.15, -0.1) is 0 Å². The molecule has 0 aliphatic carbocycles. The summed E-state index contributed by atoms with van der Waals surface area (Å²) in [5, 5.41) is 4.23. The molecule has 0 N–H and O–H groups in total. The number of aromatic nitrogens is 4. The van der Waals surface area contributed by atoms with E-state index in [1.54, 1.807) is 25.8 Å². The fraction of sp³-hybridized carbons (Fsp3) is 0.632. The molecule has 5 rings (SSSR count). The Bertz CT molecular complexity index is 927. The minimum absolute atomic E-state index is 0.347. The maximum Gasteiger partial charge on any atom is 0.281 e. The highest BCUT2D eigenvalue weighted by molar-refractivity contribution is 7.86. The molecule has 0 radical (unpaired) electrons. The second-order valence-corrected chi connectivity index (χ2v) is 10.2. The van der Waals surface area contributed by atoms with Crippen LogP contribution in [0.15, 0.2) is 30.9 Å². The van der Waals surface area contributed by atoms with Gasteiger partial charge in [-0.3, -0.25) is 0 Å². The molecule has 0 amide bonds. The Labute approximate surface area is 171 Å². The Balaban J connectivity index is 1.26. The average molecular weight is 418 g/mol. The third-order valence-corrected chi connectivity index (χ3v) is 8.34. The van der Waals surface area contributed by atoms with Crippen molar-refractivity contribution in [3.05, 3.63) is 30.9 Å². The Kier molecular flexibility index (Phi) is 5.00. The molecule has 0 bridgehead atoms. The Hall–Kier alpha value is -2.04. The molecule has 0 spiro atoms. The van der Waals surface area contributed by atoms with E-state index in [2.05, 4.69) is 20.0 Å². The topological polar surface area (TPSA) is 87.5 Å². The van der Waals surface area contributed by atoms with Crippen LogP contribution >= 0.6 is 0 Å². The fourth-order valence-electron chi connectivity index (χ4n) is 4.80. The van der Waals surface area contributed by atoms with Crippen molar-refractivity contribution in [2.45, 2.75) is 25.7 Å². The predicted molar refractivity (Wildman–Crippen MR) is 109 cm³/mol. The van der Waals surface area contributed by atoms with E-state index in [1.807, 2.05) is 18.3 Å². The molecule has 10 heteroatoms. The summed E-state index contributed by atoms with van der Waals surface area (Å²) < 4.78 is 31.4. The third-order valence-electron chi connectivity index (χ3n) is 6.37. The zero-order chi connectivity index (χ0) is 19.8.